The lowest BCUT2D eigenvalue weighted by atomic mass is 10.1. The molecule has 0 unspecified atom stereocenters. The van der Waals surface area contributed by atoms with Crippen LogP contribution in [0.4, 0.5) is 5.13 Å². The number of ether oxygens (including phenoxy) is 1. The molecule has 0 saturated carbocycles. The number of hydrogen-bond donors (Lipinski definition) is 0. The van der Waals surface area contributed by atoms with Crippen LogP contribution < -0.4 is 9.64 Å². The summed E-state index contributed by atoms with van der Waals surface area (Å²) in [5.74, 6) is 0.470. The molecular formula is C28H31N3O4S2. The maximum atomic E-state index is 13.7. The molecule has 0 aliphatic rings. The summed E-state index contributed by atoms with van der Waals surface area (Å²) in [5.41, 5.74) is 2.13. The summed E-state index contributed by atoms with van der Waals surface area (Å²) in [4.78, 5) is 20.3. The van der Waals surface area contributed by atoms with Crippen molar-refractivity contribution in [3.8, 4) is 5.75 Å². The molecule has 9 heteroatoms. The molecule has 0 aliphatic heterocycles. The minimum Gasteiger partial charge on any atom is -0.497 e. The summed E-state index contributed by atoms with van der Waals surface area (Å²) in [6.07, 6.45) is 1.71. The number of benzene rings is 3. The SMILES string of the molecule is CCCCN(CC)S(=O)(=O)c1ccc(C(=O)N(Cc2ccccc2)c2nc3ccc(OC)cc3s2)cc1. The molecule has 7 nitrogen and oxygen atoms in total. The molecule has 1 amide bonds. The largest absolute Gasteiger partial charge is 0.497 e. The molecule has 1 aromatic heterocycles. The van der Waals surface area contributed by atoms with Crippen molar-refractivity contribution in [2.24, 2.45) is 0 Å². The van der Waals surface area contributed by atoms with E-state index >= 15 is 0 Å². The molecule has 0 atom stereocenters. The second kappa shape index (κ2) is 11.9. The van der Waals surface area contributed by atoms with Gasteiger partial charge in [-0.2, -0.15) is 4.31 Å². The normalized spacial score (nSPS) is 11.7. The third-order valence-corrected chi connectivity index (χ3v) is 9.13. The van der Waals surface area contributed by atoms with Gasteiger partial charge >= 0.3 is 0 Å². The highest BCUT2D eigenvalue weighted by molar-refractivity contribution is 7.89. The van der Waals surface area contributed by atoms with Gasteiger partial charge in [-0.15, -0.1) is 0 Å². The Labute approximate surface area is 222 Å². The Balaban J connectivity index is 1.67. The number of carbonyl (C=O) groups excluding carboxylic acids is 1. The van der Waals surface area contributed by atoms with Crippen molar-refractivity contribution in [3.05, 3.63) is 83.9 Å². The summed E-state index contributed by atoms with van der Waals surface area (Å²) in [7, 11) is -2.01. The summed E-state index contributed by atoms with van der Waals surface area (Å²) in [6, 6.07) is 21.5. The number of amides is 1. The fraction of sp³-hybridized carbons (Fsp3) is 0.286. The molecule has 0 bridgehead atoms. The molecule has 194 valence electrons. The van der Waals surface area contributed by atoms with Crippen LogP contribution in [0.25, 0.3) is 10.2 Å². The summed E-state index contributed by atoms with van der Waals surface area (Å²) >= 11 is 1.41. The standard InChI is InChI=1S/C28H31N3O4S2/c1-4-6-18-30(5-2)37(33,34)24-15-12-22(13-16-24)27(32)31(20-21-10-8-7-9-11-21)28-29-25-17-14-23(35-3)19-26(25)36-28/h7-17,19H,4-6,18,20H2,1-3H3. The molecule has 0 radical (unpaired) electrons. The third-order valence-electron chi connectivity index (χ3n) is 6.10. The van der Waals surface area contributed by atoms with Crippen molar-refractivity contribution < 1.29 is 17.9 Å². The molecule has 0 saturated heterocycles. The predicted octanol–water partition coefficient (Wildman–Crippen LogP) is 5.96. The Hall–Kier alpha value is -3.27. The molecule has 4 rings (SSSR count). The van der Waals surface area contributed by atoms with Gasteiger partial charge in [0.15, 0.2) is 5.13 Å². The minimum absolute atomic E-state index is 0.184. The number of unbranched alkanes of at least 4 members (excludes halogenated alkanes) is 1. The third kappa shape index (κ3) is 6.01. The number of methoxy groups -OCH3 is 1. The van der Waals surface area contributed by atoms with Gasteiger partial charge in [-0.05, 0) is 54.4 Å². The van der Waals surface area contributed by atoms with E-state index in [-0.39, 0.29) is 10.8 Å². The van der Waals surface area contributed by atoms with Gasteiger partial charge in [-0.25, -0.2) is 13.4 Å². The van der Waals surface area contributed by atoms with Crippen molar-refractivity contribution in [2.45, 2.75) is 38.1 Å². The Morgan fingerprint density at radius 1 is 1.00 bits per heavy atom. The van der Waals surface area contributed by atoms with Crippen molar-refractivity contribution in [2.75, 3.05) is 25.1 Å². The van der Waals surface area contributed by atoms with E-state index in [4.69, 9.17) is 9.72 Å². The first-order valence-electron chi connectivity index (χ1n) is 12.3. The van der Waals surface area contributed by atoms with Gasteiger partial charge in [0, 0.05) is 18.7 Å². The Morgan fingerprint density at radius 2 is 1.73 bits per heavy atom. The van der Waals surface area contributed by atoms with Gasteiger partial charge in [0.1, 0.15) is 5.75 Å². The zero-order valence-electron chi connectivity index (χ0n) is 21.3. The van der Waals surface area contributed by atoms with Crippen LogP contribution in [0.2, 0.25) is 0 Å². The zero-order valence-corrected chi connectivity index (χ0v) is 22.9. The fourth-order valence-corrected chi connectivity index (χ4v) is 6.46. The molecule has 1 heterocycles. The van der Waals surface area contributed by atoms with Gasteiger partial charge in [-0.1, -0.05) is 61.9 Å². The van der Waals surface area contributed by atoms with E-state index < -0.39 is 10.0 Å². The van der Waals surface area contributed by atoms with Crippen LogP contribution >= 0.6 is 11.3 Å². The molecule has 0 N–H and O–H groups in total. The Bertz CT molecular complexity index is 1450. The maximum Gasteiger partial charge on any atom is 0.260 e. The molecule has 4 aromatic rings. The molecular weight excluding hydrogens is 506 g/mol. The molecule has 0 aliphatic carbocycles. The number of fused-ring (bicyclic) bond motifs is 1. The summed E-state index contributed by atoms with van der Waals surface area (Å²) in [5, 5.41) is 0.561. The van der Waals surface area contributed by atoms with E-state index in [1.165, 1.54) is 27.8 Å². The summed E-state index contributed by atoms with van der Waals surface area (Å²) < 4.78 is 33.9. The predicted molar refractivity (Wildman–Crippen MR) is 149 cm³/mol. The van der Waals surface area contributed by atoms with Crippen LogP contribution in [-0.2, 0) is 16.6 Å². The van der Waals surface area contributed by atoms with Gasteiger partial charge in [0.2, 0.25) is 10.0 Å². The first kappa shape index (κ1) is 26.8. The summed E-state index contributed by atoms with van der Waals surface area (Å²) in [6.45, 7) is 5.07. The number of carbonyl (C=O) groups is 1. The monoisotopic (exact) mass is 537 g/mol. The number of sulfonamides is 1. The van der Waals surface area contributed by atoms with Crippen molar-refractivity contribution >= 4 is 42.6 Å². The van der Waals surface area contributed by atoms with Gasteiger partial charge in [0.05, 0.1) is 28.8 Å². The first-order valence-corrected chi connectivity index (χ1v) is 14.5. The molecule has 37 heavy (non-hydrogen) atoms. The number of nitrogens with zero attached hydrogens (tertiary/aromatic N) is 3. The van der Waals surface area contributed by atoms with Crippen LogP contribution in [-0.4, -0.2) is 43.8 Å². The lowest BCUT2D eigenvalue weighted by Gasteiger charge is -2.22. The van der Waals surface area contributed by atoms with Crippen LogP contribution in [0.3, 0.4) is 0 Å². The molecule has 3 aromatic carbocycles. The average molecular weight is 538 g/mol. The molecule has 0 spiro atoms. The number of anilines is 1. The van der Waals surface area contributed by atoms with E-state index in [1.54, 1.807) is 24.1 Å². The number of rotatable bonds is 11. The Morgan fingerprint density at radius 3 is 2.38 bits per heavy atom. The second-order valence-electron chi connectivity index (χ2n) is 8.58. The van der Waals surface area contributed by atoms with E-state index in [9.17, 15) is 13.2 Å². The van der Waals surface area contributed by atoms with Crippen LogP contribution in [0.1, 0.15) is 42.6 Å². The van der Waals surface area contributed by atoms with Gasteiger partial charge in [-0.3, -0.25) is 9.69 Å². The first-order chi connectivity index (χ1) is 17.9. The number of aromatic nitrogens is 1. The van der Waals surface area contributed by atoms with Gasteiger partial charge in [0.25, 0.3) is 5.91 Å². The van der Waals surface area contributed by atoms with Gasteiger partial charge < -0.3 is 4.74 Å². The van der Waals surface area contributed by atoms with Crippen LogP contribution in [0.15, 0.2) is 77.7 Å². The lowest BCUT2D eigenvalue weighted by Crippen LogP contribution is -2.32. The quantitative estimate of drug-likeness (QED) is 0.236. The number of thiazole rings is 1. The minimum atomic E-state index is -3.62. The number of hydrogen-bond acceptors (Lipinski definition) is 6. The average Bonchev–Trinajstić information content (AvgIpc) is 3.35. The van der Waals surface area contributed by atoms with Crippen molar-refractivity contribution in [1.82, 2.24) is 9.29 Å². The van der Waals surface area contributed by atoms with Crippen LogP contribution in [0, 0.1) is 0 Å². The van der Waals surface area contributed by atoms with E-state index in [1.807, 2.05) is 62.4 Å². The highest BCUT2D eigenvalue weighted by atomic mass is 32.2. The smallest absolute Gasteiger partial charge is 0.260 e. The zero-order chi connectivity index (χ0) is 26.4. The molecule has 0 fully saturated rings. The highest BCUT2D eigenvalue weighted by Gasteiger charge is 2.25. The second-order valence-corrected chi connectivity index (χ2v) is 11.5. The lowest BCUT2D eigenvalue weighted by molar-refractivity contribution is 0.0985. The van der Waals surface area contributed by atoms with E-state index in [0.717, 1.165) is 34.4 Å². The highest BCUT2D eigenvalue weighted by Crippen LogP contribution is 2.33. The van der Waals surface area contributed by atoms with Crippen molar-refractivity contribution in [1.29, 1.82) is 0 Å². The van der Waals surface area contributed by atoms with E-state index in [2.05, 4.69) is 0 Å². The van der Waals surface area contributed by atoms with E-state index in [0.29, 0.717) is 30.3 Å². The van der Waals surface area contributed by atoms with Crippen molar-refractivity contribution in [3.63, 3.8) is 0 Å². The fourth-order valence-electron chi connectivity index (χ4n) is 3.98. The maximum absolute atomic E-state index is 13.7. The van der Waals surface area contributed by atoms with Crippen LogP contribution in [0.5, 0.6) is 5.75 Å². The topological polar surface area (TPSA) is 79.8 Å². The Kier molecular flexibility index (Phi) is 8.58.